The van der Waals surface area contributed by atoms with Crippen molar-refractivity contribution in [1.29, 1.82) is 0 Å². The standard InChI is InChI=1S/C19H22F3N5O2/c1-11-7-12(5-6-23-11)14-4-3-13(9-28-14)25-18-24-8-15-17(26-18)27(2)16(10-29-15)19(20,21)22/h5-8,13-14,16H,3-4,9-10H2,1-2H3,(H,24,25,26)/t13-,14+,16?/m1/s1. The Kier molecular flexibility index (Phi) is 5.20. The van der Waals surface area contributed by atoms with Crippen molar-refractivity contribution in [1.82, 2.24) is 15.0 Å². The van der Waals surface area contributed by atoms with E-state index in [1.165, 1.54) is 13.2 Å². The summed E-state index contributed by atoms with van der Waals surface area (Å²) in [4.78, 5) is 13.7. The molecule has 0 aromatic carbocycles. The normalized spacial score (nSPS) is 24.6. The van der Waals surface area contributed by atoms with Crippen molar-refractivity contribution < 1.29 is 22.6 Å². The maximum atomic E-state index is 13.2. The highest BCUT2D eigenvalue weighted by atomic mass is 19.4. The van der Waals surface area contributed by atoms with Crippen LogP contribution in [0, 0.1) is 6.92 Å². The quantitative estimate of drug-likeness (QED) is 0.834. The summed E-state index contributed by atoms with van der Waals surface area (Å²) >= 11 is 0. The van der Waals surface area contributed by atoms with Crippen LogP contribution in [0.2, 0.25) is 0 Å². The lowest BCUT2D eigenvalue weighted by Gasteiger charge is -2.35. The second-order valence-corrected chi connectivity index (χ2v) is 7.33. The molecule has 1 N–H and O–H groups in total. The highest BCUT2D eigenvalue weighted by Crippen LogP contribution is 2.37. The van der Waals surface area contributed by atoms with E-state index in [0.717, 1.165) is 29.0 Å². The summed E-state index contributed by atoms with van der Waals surface area (Å²) in [5, 5.41) is 3.17. The van der Waals surface area contributed by atoms with Crippen LogP contribution >= 0.6 is 0 Å². The molecule has 156 valence electrons. The van der Waals surface area contributed by atoms with Gasteiger partial charge in [0.05, 0.1) is 24.9 Å². The maximum Gasteiger partial charge on any atom is 0.412 e. The van der Waals surface area contributed by atoms with Crippen molar-refractivity contribution in [2.24, 2.45) is 0 Å². The van der Waals surface area contributed by atoms with E-state index in [0.29, 0.717) is 6.61 Å². The van der Waals surface area contributed by atoms with Crippen molar-refractivity contribution in [2.75, 3.05) is 30.5 Å². The Morgan fingerprint density at radius 2 is 2.03 bits per heavy atom. The molecule has 0 spiro atoms. The van der Waals surface area contributed by atoms with Gasteiger partial charge in [-0.1, -0.05) is 0 Å². The van der Waals surface area contributed by atoms with E-state index in [2.05, 4.69) is 20.3 Å². The first-order chi connectivity index (χ1) is 13.8. The van der Waals surface area contributed by atoms with Crippen LogP contribution in [0.4, 0.5) is 24.9 Å². The van der Waals surface area contributed by atoms with Gasteiger partial charge >= 0.3 is 6.18 Å². The Labute approximate surface area is 166 Å². The molecule has 2 aromatic heterocycles. The molecule has 7 nitrogen and oxygen atoms in total. The van der Waals surface area contributed by atoms with E-state index in [1.54, 1.807) is 6.20 Å². The van der Waals surface area contributed by atoms with Crippen molar-refractivity contribution >= 4 is 11.8 Å². The average molecular weight is 409 g/mol. The topological polar surface area (TPSA) is 72.4 Å². The minimum Gasteiger partial charge on any atom is -0.486 e. The molecule has 1 unspecified atom stereocenters. The number of alkyl halides is 3. The SMILES string of the molecule is Cc1cc([C@@H]2CC[C@@H](Nc3ncc4c(n3)N(C)C(C(F)(F)F)CO4)CO2)ccn1. The molecule has 2 aliphatic heterocycles. The first-order valence-corrected chi connectivity index (χ1v) is 9.41. The molecular formula is C19H22F3N5O2. The number of nitrogens with one attached hydrogen (secondary N) is 1. The summed E-state index contributed by atoms with van der Waals surface area (Å²) < 4.78 is 50.7. The minimum atomic E-state index is -4.40. The Morgan fingerprint density at radius 1 is 1.21 bits per heavy atom. The van der Waals surface area contributed by atoms with Crippen molar-refractivity contribution in [3.8, 4) is 5.75 Å². The highest BCUT2D eigenvalue weighted by molar-refractivity contribution is 5.56. The van der Waals surface area contributed by atoms with Crippen LogP contribution in [0.5, 0.6) is 5.75 Å². The summed E-state index contributed by atoms with van der Waals surface area (Å²) in [5.41, 5.74) is 2.04. The zero-order valence-corrected chi connectivity index (χ0v) is 16.1. The van der Waals surface area contributed by atoms with Crippen molar-refractivity contribution in [2.45, 2.75) is 44.1 Å². The number of ether oxygens (including phenoxy) is 2. The van der Waals surface area contributed by atoms with Crippen LogP contribution in [0.25, 0.3) is 0 Å². The van der Waals surface area contributed by atoms with Crippen LogP contribution in [-0.2, 0) is 4.74 Å². The van der Waals surface area contributed by atoms with Gasteiger partial charge in [-0.05, 0) is 37.5 Å². The summed E-state index contributed by atoms with van der Waals surface area (Å²) in [7, 11) is 1.36. The lowest BCUT2D eigenvalue weighted by molar-refractivity contribution is -0.155. The zero-order valence-electron chi connectivity index (χ0n) is 16.1. The fourth-order valence-electron chi connectivity index (χ4n) is 3.61. The van der Waals surface area contributed by atoms with Crippen molar-refractivity contribution in [3.05, 3.63) is 35.8 Å². The third-order valence-corrected chi connectivity index (χ3v) is 5.21. The van der Waals surface area contributed by atoms with Gasteiger partial charge in [-0.2, -0.15) is 18.2 Å². The van der Waals surface area contributed by atoms with E-state index in [9.17, 15) is 13.2 Å². The highest BCUT2D eigenvalue weighted by Gasteiger charge is 2.46. The molecule has 4 heterocycles. The number of aromatic nitrogens is 3. The molecule has 0 saturated carbocycles. The second-order valence-electron chi connectivity index (χ2n) is 7.33. The van der Waals surface area contributed by atoms with Gasteiger partial charge in [0, 0.05) is 18.9 Å². The maximum absolute atomic E-state index is 13.2. The fraction of sp³-hybridized carbons (Fsp3) is 0.526. The molecule has 3 atom stereocenters. The van der Waals surface area contributed by atoms with Crippen LogP contribution in [-0.4, -0.2) is 53.5 Å². The van der Waals surface area contributed by atoms with Gasteiger partial charge in [0.25, 0.3) is 0 Å². The molecule has 0 amide bonds. The van der Waals surface area contributed by atoms with E-state index in [1.807, 2.05) is 19.1 Å². The van der Waals surface area contributed by atoms with Gasteiger partial charge < -0.3 is 19.7 Å². The number of nitrogens with zero attached hydrogens (tertiary/aromatic N) is 4. The van der Waals surface area contributed by atoms with Gasteiger partial charge in [0.2, 0.25) is 5.95 Å². The zero-order chi connectivity index (χ0) is 20.6. The Morgan fingerprint density at radius 3 is 2.72 bits per heavy atom. The predicted molar refractivity (Wildman–Crippen MR) is 100 cm³/mol. The Balaban J connectivity index is 1.41. The molecule has 1 saturated heterocycles. The number of fused-ring (bicyclic) bond motifs is 1. The number of hydrogen-bond donors (Lipinski definition) is 1. The minimum absolute atomic E-state index is 0.00581. The van der Waals surface area contributed by atoms with Crippen LogP contribution < -0.4 is 15.0 Å². The molecule has 4 rings (SSSR count). The van der Waals surface area contributed by atoms with Gasteiger partial charge in [0.1, 0.15) is 6.61 Å². The van der Waals surface area contributed by atoms with Crippen molar-refractivity contribution in [3.63, 3.8) is 0 Å². The number of hydrogen-bond acceptors (Lipinski definition) is 7. The van der Waals surface area contributed by atoms with Crippen LogP contribution in [0.3, 0.4) is 0 Å². The molecule has 2 aromatic rings. The summed E-state index contributed by atoms with van der Waals surface area (Å²) in [5.74, 6) is 0.623. The average Bonchev–Trinajstić information content (AvgIpc) is 2.68. The molecule has 0 radical (unpaired) electrons. The third-order valence-electron chi connectivity index (χ3n) is 5.21. The number of likely N-dealkylation sites (N-methyl/N-ethyl adjacent to an activating group) is 1. The Bertz CT molecular complexity index is 871. The first-order valence-electron chi connectivity index (χ1n) is 9.41. The number of aryl methyl sites for hydroxylation is 1. The molecule has 29 heavy (non-hydrogen) atoms. The predicted octanol–water partition coefficient (Wildman–Crippen LogP) is 3.27. The Hall–Kier alpha value is -2.62. The first kappa shape index (κ1) is 19.7. The molecule has 0 aliphatic carbocycles. The number of rotatable bonds is 3. The molecular weight excluding hydrogens is 387 g/mol. The largest absolute Gasteiger partial charge is 0.486 e. The number of pyridine rings is 1. The van der Waals surface area contributed by atoms with E-state index >= 15 is 0 Å². The second kappa shape index (κ2) is 7.66. The number of anilines is 2. The van der Waals surface area contributed by atoms with Gasteiger partial charge in [-0.3, -0.25) is 4.98 Å². The van der Waals surface area contributed by atoms with Gasteiger partial charge in [0.15, 0.2) is 17.6 Å². The lowest BCUT2D eigenvalue weighted by Crippen LogP contribution is -2.50. The van der Waals surface area contributed by atoms with E-state index < -0.39 is 18.8 Å². The smallest absolute Gasteiger partial charge is 0.412 e. The van der Waals surface area contributed by atoms with E-state index in [4.69, 9.17) is 9.47 Å². The van der Waals surface area contributed by atoms with Crippen LogP contribution in [0.1, 0.15) is 30.2 Å². The summed E-state index contributed by atoms with van der Waals surface area (Å²) in [6.07, 6.45) is 0.412. The molecule has 10 heteroatoms. The molecule has 0 bridgehead atoms. The molecule has 2 aliphatic rings. The van der Waals surface area contributed by atoms with E-state index in [-0.39, 0.29) is 29.7 Å². The molecule has 1 fully saturated rings. The lowest BCUT2D eigenvalue weighted by atomic mass is 9.99. The number of halogens is 3. The third kappa shape index (κ3) is 4.21. The monoisotopic (exact) mass is 409 g/mol. The van der Waals surface area contributed by atoms with Gasteiger partial charge in [-0.15, -0.1) is 0 Å². The van der Waals surface area contributed by atoms with Gasteiger partial charge in [-0.25, -0.2) is 4.98 Å². The summed E-state index contributed by atoms with van der Waals surface area (Å²) in [6, 6.07) is 2.20. The summed E-state index contributed by atoms with van der Waals surface area (Å²) in [6.45, 7) is 1.91. The fourth-order valence-corrected chi connectivity index (χ4v) is 3.61. The van der Waals surface area contributed by atoms with Crippen LogP contribution in [0.15, 0.2) is 24.5 Å².